The number of para-hydroxylation sites is 2. The van der Waals surface area contributed by atoms with Gasteiger partial charge in [-0.15, -0.1) is 0 Å². The van der Waals surface area contributed by atoms with E-state index in [1.54, 1.807) is 0 Å². The Balaban J connectivity index is 2.18. The maximum absolute atomic E-state index is 5.76. The van der Waals surface area contributed by atoms with Crippen molar-refractivity contribution >= 4 is 0 Å². The number of hydrogen-bond donors (Lipinski definition) is 1. The van der Waals surface area contributed by atoms with Crippen molar-refractivity contribution in [3.05, 3.63) is 24.3 Å². The van der Waals surface area contributed by atoms with E-state index in [0.717, 1.165) is 31.1 Å². The van der Waals surface area contributed by atoms with Crippen LogP contribution in [0.15, 0.2) is 24.3 Å². The molecule has 0 saturated carbocycles. The number of hydrogen-bond acceptors (Lipinski definition) is 3. The quantitative estimate of drug-likeness (QED) is 0.648. The van der Waals surface area contributed by atoms with E-state index in [4.69, 9.17) is 9.47 Å². The van der Waals surface area contributed by atoms with Gasteiger partial charge < -0.3 is 14.8 Å². The van der Waals surface area contributed by atoms with Crippen molar-refractivity contribution in [3.8, 4) is 11.5 Å². The Morgan fingerprint density at radius 1 is 0.944 bits per heavy atom. The molecule has 0 amide bonds. The summed E-state index contributed by atoms with van der Waals surface area (Å²) < 4.78 is 11.3. The SMILES string of the molecule is CCOc1ccccc1OCCCCCCNC. The van der Waals surface area contributed by atoms with Gasteiger partial charge in [-0.2, -0.15) is 0 Å². The average molecular weight is 251 g/mol. The molecule has 0 saturated heterocycles. The summed E-state index contributed by atoms with van der Waals surface area (Å²) in [6.45, 7) is 4.53. The van der Waals surface area contributed by atoms with Gasteiger partial charge in [0.15, 0.2) is 11.5 Å². The Hall–Kier alpha value is -1.22. The van der Waals surface area contributed by atoms with Crippen LogP contribution in [0.3, 0.4) is 0 Å². The third-order valence-electron chi connectivity index (χ3n) is 2.73. The molecule has 1 aromatic carbocycles. The number of unbranched alkanes of at least 4 members (excludes halogenated alkanes) is 3. The molecule has 0 aromatic heterocycles. The third kappa shape index (κ3) is 5.92. The fraction of sp³-hybridized carbons (Fsp3) is 0.600. The largest absolute Gasteiger partial charge is 0.490 e. The van der Waals surface area contributed by atoms with Crippen molar-refractivity contribution in [3.63, 3.8) is 0 Å². The maximum atomic E-state index is 5.76. The third-order valence-corrected chi connectivity index (χ3v) is 2.73. The highest BCUT2D eigenvalue weighted by Crippen LogP contribution is 2.26. The molecule has 1 N–H and O–H groups in total. The van der Waals surface area contributed by atoms with Crippen molar-refractivity contribution in [1.29, 1.82) is 0 Å². The van der Waals surface area contributed by atoms with Crippen LogP contribution in [-0.4, -0.2) is 26.8 Å². The summed E-state index contributed by atoms with van der Waals surface area (Å²) in [4.78, 5) is 0. The van der Waals surface area contributed by atoms with E-state index in [0.29, 0.717) is 6.61 Å². The summed E-state index contributed by atoms with van der Waals surface area (Å²) in [6, 6.07) is 7.86. The molecule has 1 rings (SSSR count). The van der Waals surface area contributed by atoms with Crippen LogP contribution >= 0.6 is 0 Å². The predicted molar refractivity (Wildman–Crippen MR) is 75.5 cm³/mol. The Kier molecular flexibility index (Phi) is 8.06. The van der Waals surface area contributed by atoms with Gasteiger partial charge >= 0.3 is 0 Å². The van der Waals surface area contributed by atoms with E-state index < -0.39 is 0 Å². The standard InChI is InChI=1S/C15H25NO2/c1-3-17-14-10-6-7-11-15(14)18-13-9-5-4-8-12-16-2/h6-7,10-11,16H,3-5,8-9,12-13H2,1-2H3. The van der Waals surface area contributed by atoms with Crippen LogP contribution in [-0.2, 0) is 0 Å². The minimum Gasteiger partial charge on any atom is -0.490 e. The zero-order valence-electron chi connectivity index (χ0n) is 11.6. The lowest BCUT2D eigenvalue weighted by molar-refractivity contribution is 0.270. The fourth-order valence-electron chi connectivity index (χ4n) is 1.78. The van der Waals surface area contributed by atoms with Crippen LogP contribution in [0.25, 0.3) is 0 Å². The van der Waals surface area contributed by atoms with Crippen molar-refractivity contribution < 1.29 is 9.47 Å². The molecule has 0 fully saturated rings. The van der Waals surface area contributed by atoms with E-state index in [-0.39, 0.29) is 0 Å². The summed E-state index contributed by atoms with van der Waals surface area (Å²) in [5.41, 5.74) is 0. The molecule has 1 aromatic rings. The van der Waals surface area contributed by atoms with E-state index >= 15 is 0 Å². The highest BCUT2D eigenvalue weighted by Gasteiger charge is 2.02. The molecule has 0 bridgehead atoms. The molecule has 0 aliphatic heterocycles. The molecule has 0 heterocycles. The molecule has 18 heavy (non-hydrogen) atoms. The Morgan fingerprint density at radius 3 is 2.28 bits per heavy atom. The molecular formula is C15H25NO2. The van der Waals surface area contributed by atoms with Crippen LogP contribution in [0.1, 0.15) is 32.6 Å². The smallest absolute Gasteiger partial charge is 0.161 e. The van der Waals surface area contributed by atoms with Crippen molar-refractivity contribution in [2.45, 2.75) is 32.6 Å². The normalized spacial score (nSPS) is 10.3. The summed E-state index contributed by atoms with van der Waals surface area (Å²) in [5.74, 6) is 1.70. The lowest BCUT2D eigenvalue weighted by Crippen LogP contribution is -2.07. The monoisotopic (exact) mass is 251 g/mol. The second-order valence-corrected chi connectivity index (χ2v) is 4.25. The lowest BCUT2D eigenvalue weighted by atomic mass is 10.2. The molecular weight excluding hydrogens is 226 g/mol. The summed E-state index contributed by atoms with van der Waals surface area (Å²) in [7, 11) is 1.99. The zero-order valence-corrected chi connectivity index (χ0v) is 11.6. The summed E-state index contributed by atoms with van der Waals surface area (Å²) in [5, 5.41) is 3.16. The average Bonchev–Trinajstić information content (AvgIpc) is 2.40. The van der Waals surface area contributed by atoms with Crippen LogP contribution in [0.2, 0.25) is 0 Å². The lowest BCUT2D eigenvalue weighted by Gasteiger charge is -2.11. The summed E-state index contributed by atoms with van der Waals surface area (Å²) >= 11 is 0. The van der Waals surface area contributed by atoms with Crippen molar-refractivity contribution in [2.24, 2.45) is 0 Å². The Morgan fingerprint density at radius 2 is 1.61 bits per heavy atom. The molecule has 0 atom stereocenters. The first-order chi connectivity index (χ1) is 8.88. The van der Waals surface area contributed by atoms with Crippen LogP contribution in [0.5, 0.6) is 11.5 Å². The summed E-state index contributed by atoms with van der Waals surface area (Å²) in [6.07, 6.45) is 4.83. The topological polar surface area (TPSA) is 30.5 Å². The van der Waals surface area contributed by atoms with Gasteiger partial charge in [0.25, 0.3) is 0 Å². The van der Waals surface area contributed by atoms with E-state index in [2.05, 4.69) is 5.32 Å². The predicted octanol–water partition coefficient (Wildman–Crippen LogP) is 3.24. The van der Waals surface area contributed by atoms with Crippen LogP contribution in [0.4, 0.5) is 0 Å². The highest BCUT2D eigenvalue weighted by molar-refractivity contribution is 5.39. The Bertz CT molecular complexity index is 315. The van der Waals surface area contributed by atoms with E-state index in [1.165, 1.54) is 19.3 Å². The zero-order chi connectivity index (χ0) is 13.1. The van der Waals surface area contributed by atoms with Gasteiger partial charge in [-0.25, -0.2) is 0 Å². The minimum absolute atomic E-state index is 0.671. The number of rotatable bonds is 10. The minimum atomic E-state index is 0.671. The fourth-order valence-corrected chi connectivity index (χ4v) is 1.78. The van der Waals surface area contributed by atoms with Gasteiger partial charge in [-0.3, -0.25) is 0 Å². The van der Waals surface area contributed by atoms with Gasteiger partial charge in [-0.1, -0.05) is 25.0 Å². The maximum Gasteiger partial charge on any atom is 0.161 e. The Labute approximate surface area is 110 Å². The number of benzene rings is 1. The molecule has 0 unspecified atom stereocenters. The van der Waals surface area contributed by atoms with Gasteiger partial charge in [-0.05, 0) is 45.5 Å². The highest BCUT2D eigenvalue weighted by atomic mass is 16.5. The van der Waals surface area contributed by atoms with E-state index in [9.17, 15) is 0 Å². The first-order valence-corrected chi connectivity index (χ1v) is 6.87. The first kappa shape index (κ1) is 14.8. The number of nitrogens with one attached hydrogen (secondary N) is 1. The molecule has 0 radical (unpaired) electrons. The second-order valence-electron chi connectivity index (χ2n) is 4.25. The van der Waals surface area contributed by atoms with Gasteiger partial charge in [0.2, 0.25) is 0 Å². The van der Waals surface area contributed by atoms with Crippen molar-refractivity contribution in [2.75, 3.05) is 26.8 Å². The molecule has 3 nitrogen and oxygen atoms in total. The number of ether oxygens (including phenoxy) is 2. The van der Waals surface area contributed by atoms with Gasteiger partial charge in [0.05, 0.1) is 13.2 Å². The van der Waals surface area contributed by atoms with Gasteiger partial charge in [0.1, 0.15) is 0 Å². The second kappa shape index (κ2) is 9.77. The van der Waals surface area contributed by atoms with Crippen LogP contribution < -0.4 is 14.8 Å². The van der Waals surface area contributed by atoms with Crippen LogP contribution in [0, 0.1) is 0 Å². The molecule has 102 valence electrons. The first-order valence-electron chi connectivity index (χ1n) is 6.87. The van der Waals surface area contributed by atoms with Crippen molar-refractivity contribution in [1.82, 2.24) is 5.32 Å². The van der Waals surface area contributed by atoms with Gasteiger partial charge in [0, 0.05) is 0 Å². The molecule has 0 spiro atoms. The molecule has 0 aliphatic carbocycles. The molecule has 3 heteroatoms. The van der Waals surface area contributed by atoms with E-state index in [1.807, 2.05) is 38.2 Å². The molecule has 0 aliphatic rings.